The monoisotopic (exact) mass is 317 g/mol. The molecular weight excluding hydrogens is 307 g/mol. The molecule has 0 saturated heterocycles. The molecule has 0 heterocycles. The van der Waals surface area contributed by atoms with Crippen LogP contribution in [-0.2, 0) is 6.18 Å². The Bertz CT molecular complexity index is 659. The second kappa shape index (κ2) is 5.73. The molecule has 0 aromatic heterocycles. The number of anilines is 1. The molecule has 2 aromatic rings. The van der Waals surface area contributed by atoms with Crippen molar-refractivity contribution in [3.63, 3.8) is 0 Å². The van der Waals surface area contributed by atoms with Crippen molar-refractivity contribution in [2.24, 2.45) is 0 Å². The van der Waals surface area contributed by atoms with Crippen LogP contribution in [-0.4, -0.2) is 7.11 Å². The maximum atomic E-state index is 12.5. The first-order valence-corrected chi connectivity index (χ1v) is 6.17. The van der Waals surface area contributed by atoms with Crippen LogP contribution in [0.15, 0.2) is 36.4 Å². The zero-order valence-electron chi connectivity index (χ0n) is 10.9. The molecular formula is C14H11ClF3NO2. The maximum Gasteiger partial charge on any atom is 0.416 e. The van der Waals surface area contributed by atoms with Gasteiger partial charge in [0.2, 0.25) is 0 Å². The predicted octanol–water partition coefficient (Wildman–Crippen LogP) is 4.74. The molecule has 2 aromatic carbocycles. The molecule has 7 heteroatoms. The minimum atomic E-state index is -4.45. The number of ether oxygens (including phenoxy) is 2. The van der Waals surface area contributed by atoms with Crippen LogP contribution >= 0.6 is 11.6 Å². The first kappa shape index (κ1) is 15.3. The van der Waals surface area contributed by atoms with Crippen LogP contribution in [0.3, 0.4) is 0 Å². The fourth-order valence-electron chi connectivity index (χ4n) is 1.66. The average Bonchev–Trinajstić information content (AvgIpc) is 2.40. The number of nitrogens with two attached hydrogens (primary N) is 1. The van der Waals surface area contributed by atoms with Crippen LogP contribution < -0.4 is 15.2 Å². The van der Waals surface area contributed by atoms with Gasteiger partial charge in [0.25, 0.3) is 0 Å². The van der Waals surface area contributed by atoms with E-state index >= 15 is 0 Å². The highest BCUT2D eigenvalue weighted by Gasteiger charge is 2.31. The third-order valence-electron chi connectivity index (χ3n) is 2.69. The summed E-state index contributed by atoms with van der Waals surface area (Å²) >= 11 is 5.80. The molecule has 0 aliphatic heterocycles. The van der Waals surface area contributed by atoms with Gasteiger partial charge in [0.05, 0.1) is 23.4 Å². The van der Waals surface area contributed by atoms with E-state index in [1.165, 1.54) is 13.2 Å². The number of hydrogen-bond acceptors (Lipinski definition) is 3. The van der Waals surface area contributed by atoms with Gasteiger partial charge in [-0.3, -0.25) is 0 Å². The van der Waals surface area contributed by atoms with E-state index in [4.69, 9.17) is 26.8 Å². The Morgan fingerprint density at radius 1 is 1.05 bits per heavy atom. The zero-order chi connectivity index (χ0) is 15.6. The summed E-state index contributed by atoms with van der Waals surface area (Å²) in [6, 6.07) is 7.52. The van der Waals surface area contributed by atoms with Gasteiger partial charge in [-0.05, 0) is 30.3 Å². The van der Waals surface area contributed by atoms with Crippen LogP contribution in [0.4, 0.5) is 18.9 Å². The van der Waals surface area contributed by atoms with Crippen molar-refractivity contribution in [1.82, 2.24) is 0 Å². The highest BCUT2D eigenvalue weighted by Crippen LogP contribution is 2.37. The lowest BCUT2D eigenvalue weighted by molar-refractivity contribution is -0.137. The number of hydrogen-bond donors (Lipinski definition) is 1. The molecule has 3 nitrogen and oxygen atoms in total. The van der Waals surface area contributed by atoms with Crippen molar-refractivity contribution in [3.05, 3.63) is 47.0 Å². The Morgan fingerprint density at radius 3 is 2.24 bits per heavy atom. The van der Waals surface area contributed by atoms with Gasteiger partial charge in [0.1, 0.15) is 17.2 Å². The van der Waals surface area contributed by atoms with Crippen molar-refractivity contribution in [2.45, 2.75) is 6.18 Å². The van der Waals surface area contributed by atoms with E-state index < -0.39 is 11.7 Å². The highest BCUT2D eigenvalue weighted by molar-refractivity contribution is 6.32. The van der Waals surface area contributed by atoms with Crippen LogP contribution in [0.2, 0.25) is 5.02 Å². The minimum Gasteiger partial charge on any atom is -0.495 e. The molecule has 2 rings (SSSR count). The minimum absolute atomic E-state index is 0.106. The number of benzene rings is 2. The van der Waals surface area contributed by atoms with E-state index in [-0.39, 0.29) is 10.8 Å². The summed E-state index contributed by atoms with van der Waals surface area (Å²) in [5, 5.41) is -0.140. The van der Waals surface area contributed by atoms with Gasteiger partial charge in [-0.2, -0.15) is 13.2 Å². The largest absolute Gasteiger partial charge is 0.495 e. The van der Waals surface area contributed by atoms with E-state index in [1.54, 1.807) is 12.1 Å². The van der Waals surface area contributed by atoms with E-state index in [0.717, 1.165) is 18.2 Å². The molecule has 112 valence electrons. The lowest BCUT2D eigenvalue weighted by Gasteiger charge is -2.12. The third-order valence-corrected chi connectivity index (χ3v) is 2.98. The SMILES string of the molecule is COc1ccc(Oc2ccc(C(F)(F)F)cc2Cl)cc1N. The zero-order valence-corrected chi connectivity index (χ0v) is 11.6. The Morgan fingerprint density at radius 2 is 1.71 bits per heavy atom. The summed E-state index contributed by atoms with van der Waals surface area (Å²) in [5.74, 6) is 0.921. The van der Waals surface area contributed by atoms with E-state index in [9.17, 15) is 13.2 Å². The summed E-state index contributed by atoms with van der Waals surface area (Å²) in [7, 11) is 1.47. The fourth-order valence-corrected chi connectivity index (χ4v) is 1.88. The van der Waals surface area contributed by atoms with Crippen molar-refractivity contribution in [1.29, 1.82) is 0 Å². The Kier molecular flexibility index (Phi) is 4.18. The molecule has 0 bridgehead atoms. The maximum absolute atomic E-state index is 12.5. The number of halogens is 4. The van der Waals surface area contributed by atoms with Crippen molar-refractivity contribution in [3.8, 4) is 17.2 Å². The van der Waals surface area contributed by atoms with E-state index in [2.05, 4.69) is 0 Å². The lowest BCUT2D eigenvalue weighted by atomic mass is 10.2. The number of nitrogen functional groups attached to an aromatic ring is 1. The lowest BCUT2D eigenvalue weighted by Crippen LogP contribution is -2.04. The van der Waals surface area contributed by atoms with Gasteiger partial charge in [0.15, 0.2) is 0 Å². The quantitative estimate of drug-likeness (QED) is 0.831. The molecule has 0 unspecified atom stereocenters. The van der Waals surface area contributed by atoms with Gasteiger partial charge < -0.3 is 15.2 Å². The second-order valence-electron chi connectivity index (χ2n) is 4.15. The van der Waals surface area contributed by atoms with Crippen molar-refractivity contribution < 1.29 is 22.6 Å². The fraction of sp³-hybridized carbons (Fsp3) is 0.143. The first-order valence-electron chi connectivity index (χ1n) is 5.79. The van der Waals surface area contributed by atoms with E-state index in [1.807, 2.05) is 0 Å². The molecule has 0 fully saturated rings. The second-order valence-corrected chi connectivity index (χ2v) is 4.56. The van der Waals surface area contributed by atoms with Crippen LogP contribution in [0.1, 0.15) is 5.56 Å². The molecule has 0 saturated carbocycles. The van der Waals surface area contributed by atoms with Crippen molar-refractivity contribution >= 4 is 17.3 Å². The molecule has 0 amide bonds. The summed E-state index contributed by atoms with van der Waals surface area (Å²) in [6.07, 6.45) is -4.45. The van der Waals surface area contributed by atoms with Gasteiger partial charge in [-0.25, -0.2) is 0 Å². The Hall–Kier alpha value is -2.08. The number of methoxy groups -OCH3 is 1. The molecule has 2 N–H and O–H groups in total. The topological polar surface area (TPSA) is 44.5 Å². The summed E-state index contributed by atoms with van der Waals surface area (Å²) in [6.45, 7) is 0. The summed E-state index contributed by atoms with van der Waals surface area (Å²) in [4.78, 5) is 0. The predicted molar refractivity (Wildman–Crippen MR) is 73.9 cm³/mol. The standard InChI is InChI=1S/C14H11ClF3NO2/c1-20-13-5-3-9(7-11(13)19)21-12-4-2-8(6-10(12)15)14(16,17)18/h2-7H,19H2,1H3. The first-order chi connectivity index (χ1) is 9.81. The smallest absolute Gasteiger partial charge is 0.416 e. The third kappa shape index (κ3) is 3.52. The molecule has 0 aliphatic carbocycles. The Labute approximate surface area is 124 Å². The summed E-state index contributed by atoms with van der Waals surface area (Å²) < 4.78 is 48.0. The average molecular weight is 318 g/mol. The highest BCUT2D eigenvalue weighted by atomic mass is 35.5. The summed E-state index contributed by atoms with van der Waals surface area (Å²) in [5.41, 5.74) is 5.22. The molecule has 0 spiro atoms. The van der Waals surface area contributed by atoms with Crippen LogP contribution in [0.25, 0.3) is 0 Å². The molecule has 0 aliphatic rings. The van der Waals surface area contributed by atoms with Crippen molar-refractivity contribution in [2.75, 3.05) is 12.8 Å². The molecule has 21 heavy (non-hydrogen) atoms. The molecule has 0 radical (unpaired) electrons. The van der Waals surface area contributed by atoms with Gasteiger partial charge in [-0.15, -0.1) is 0 Å². The van der Waals surface area contributed by atoms with Crippen LogP contribution in [0.5, 0.6) is 17.2 Å². The van der Waals surface area contributed by atoms with Gasteiger partial charge in [0, 0.05) is 6.07 Å². The van der Waals surface area contributed by atoms with Gasteiger partial charge in [-0.1, -0.05) is 11.6 Å². The molecule has 0 atom stereocenters. The van der Waals surface area contributed by atoms with E-state index in [0.29, 0.717) is 17.2 Å². The normalized spacial score (nSPS) is 11.3. The Balaban J connectivity index is 2.26. The van der Waals surface area contributed by atoms with Gasteiger partial charge >= 0.3 is 6.18 Å². The van der Waals surface area contributed by atoms with Crippen LogP contribution in [0, 0.1) is 0 Å². The number of rotatable bonds is 3. The number of alkyl halides is 3.